The number of hydrogen-bond donors (Lipinski definition) is 1. The number of halogens is 3. The van der Waals surface area contributed by atoms with Crippen LogP contribution in [-0.2, 0) is 9.59 Å². The molecule has 2 aliphatic heterocycles. The van der Waals surface area contributed by atoms with Crippen molar-refractivity contribution < 1.29 is 19.1 Å². The average molecular weight is 511 g/mol. The highest BCUT2D eigenvalue weighted by atomic mass is 35.5. The molecular formula is C27H21Cl2FN2O3. The first kappa shape index (κ1) is 23.4. The van der Waals surface area contributed by atoms with Gasteiger partial charge in [0.15, 0.2) is 0 Å². The summed E-state index contributed by atoms with van der Waals surface area (Å²) in [5.41, 5.74) is 1.51. The van der Waals surface area contributed by atoms with Crippen molar-refractivity contribution >= 4 is 52.0 Å². The fourth-order valence-corrected chi connectivity index (χ4v) is 4.99. The van der Waals surface area contributed by atoms with Crippen molar-refractivity contribution in [3.63, 3.8) is 0 Å². The summed E-state index contributed by atoms with van der Waals surface area (Å²) in [6.07, 6.45) is 2.25. The smallest absolute Gasteiger partial charge is 0.300 e. The Balaban J connectivity index is 1.65. The molecule has 2 saturated heterocycles. The number of aliphatic hydroxyl groups excluding tert-OH is 1. The van der Waals surface area contributed by atoms with Gasteiger partial charge < -0.3 is 10.0 Å². The summed E-state index contributed by atoms with van der Waals surface area (Å²) in [5.74, 6) is -2.82. The van der Waals surface area contributed by atoms with Crippen molar-refractivity contribution in [1.29, 1.82) is 0 Å². The molecule has 178 valence electrons. The van der Waals surface area contributed by atoms with Gasteiger partial charge in [-0.3, -0.25) is 14.5 Å². The molecule has 2 heterocycles. The maximum atomic E-state index is 15.0. The lowest BCUT2D eigenvalue weighted by atomic mass is 9.94. The lowest BCUT2D eigenvalue weighted by Crippen LogP contribution is -2.30. The Morgan fingerprint density at radius 1 is 0.886 bits per heavy atom. The predicted molar refractivity (Wildman–Crippen MR) is 136 cm³/mol. The zero-order valence-electron chi connectivity index (χ0n) is 18.5. The fourth-order valence-electron chi connectivity index (χ4n) is 4.69. The number of hydrogen-bond acceptors (Lipinski definition) is 4. The van der Waals surface area contributed by atoms with E-state index in [9.17, 15) is 14.7 Å². The predicted octanol–water partition coefficient (Wildman–Crippen LogP) is 6.36. The molecule has 0 aliphatic carbocycles. The van der Waals surface area contributed by atoms with Crippen LogP contribution in [0.5, 0.6) is 0 Å². The normalized spacial score (nSPS) is 19.6. The minimum Gasteiger partial charge on any atom is -0.507 e. The molecule has 5 rings (SSSR count). The molecule has 2 fully saturated rings. The molecule has 1 atom stereocenters. The van der Waals surface area contributed by atoms with E-state index in [1.165, 1.54) is 41.3 Å². The Labute approximate surface area is 212 Å². The number of carbonyl (C=O) groups is 2. The van der Waals surface area contributed by atoms with Crippen LogP contribution in [0.25, 0.3) is 5.76 Å². The monoisotopic (exact) mass is 510 g/mol. The lowest BCUT2D eigenvalue weighted by Gasteiger charge is -2.26. The number of Topliss-reactive ketones (excluding diaryl/α,β-unsaturated/α-hetero) is 1. The largest absolute Gasteiger partial charge is 0.507 e. The number of rotatable bonds is 4. The second-order valence-corrected chi connectivity index (χ2v) is 9.34. The molecule has 0 radical (unpaired) electrons. The SMILES string of the molecule is O=C1C(=O)N(c2ccc(N3CCCC3)cc2)C(c2ccccc2F)/C1=C(\O)c1ccc(Cl)c(Cl)c1. The zero-order valence-corrected chi connectivity index (χ0v) is 20.1. The van der Waals surface area contributed by atoms with Crippen LogP contribution in [0.15, 0.2) is 72.3 Å². The third-order valence-electron chi connectivity index (χ3n) is 6.44. The van der Waals surface area contributed by atoms with E-state index in [0.29, 0.717) is 5.69 Å². The van der Waals surface area contributed by atoms with Crippen molar-refractivity contribution in [1.82, 2.24) is 0 Å². The summed E-state index contributed by atoms with van der Waals surface area (Å²) in [6.45, 7) is 1.92. The van der Waals surface area contributed by atoms with Gasteiger partial charge in [0.05, 0.1) is 21.7 Å². The molecule has 5 nitrogen and oxygen atoms in total. The number of anilines is 2. The van der Waals surface area contributed by atoms with Crippen molar-refractivity contribution in [2.75, 3.05) is 22.9 Å². The molecule has 8 heteroatoms. The third-order valence-corrected chi connectivity index (χ3v) is 7.18. The van der Waals surface area contributed by atoms with Crippen molar-refractivity contribution in [3.8, 4) is 0 Å². The van der Waals surface area contributed by atoms with E-state index in [4.69, 9.17) is 23.2 Å². The van der Waals surface area contributed by atoms with E-state index in [2.05, 4.69) is 4.90 Å². The number of nitrogens with zero attached hydrogens (tertiary/aromatic N) is 2. The van der Waals surface area contributed by atoms with Gasteiger partial charge in [0.1, 0.15) is 11.6 Å². The highest BCUT2D eigenvalue weighted by molar-refractivity contribution is 6.51. The van der Waals surface area contributed by atoms with Gasteiger partial charge in [0, 0.05) is 35.6 Å². The summed E-state index contributed by atoms with van der Waals surface area (Å²) < 4.78 is 15.0. The molecule has 0 saturated carbocycles. The minimum absolute atomic E-state index is 0.0944. The highest BCUT2D eigenvalue weighted by Gasteiger charge is 2.47. The van der Waals surface area contributed by atoms with E-state index in [-0.39, 0.29) is 26.7 Å². The van der Waals surface area contributed by atoms with Crippen LogP contribution in [0.3, 0.4) is 0 Å². The number of amides is 1. The molecule has 0 spiro atoms. The van der Waals surface area contributed by atoms with Gasteiger partial charge in [-0.2, -0.15) is 0 Å². The van der Waals surface area contributed by atoms with Crippen LogP contribution in [0.4, 0.5) is 15.8 Å². The van der Waals surface area contributed by atoms with E-state index in [1.807, 2.05) is 12.1 Å². The second-order valence-electron chi connectivity index (χ2n) is 8.53. The Morgan fingerprint density at radius 3 is 2.20 bits per heavy atom. The molecule has 1 unspecified atom stereocenters. The van der Waals surface area contributed by atoms with Crippen LogP contribution in [0.1, 0.15) is 30.0 Å². The van der Waals surface area contributed by atoms with Gasteiger partial charge in [-0.05, 0) is 61.4 Å². The van der Waals surface area contributed by atoms with Gasteiger partial charge in [-0.15, -0.1) is 0 Å². The van der Waals surface area contributed by atoms with Crippen LogP contribution in [0, 0.1) is 5.82 Å². The number of carbonyl (C=O) groups excluding carboxylic acids is 2. The molecule has 3 aromatic rings. The van der Waals surface area contributed by atoms with Crippen molar-refractivity contribution in [2.24, 2.45) is 0 Å². The van der Waals surface area contributed by atoms with Gasteiger partial charge in [-0.1, -0.05) is 41.4 Å². The first-order chi connectivity index (χ1) is 16.9. The summed E-state index contributed by atoms with van der Waals surface area (Å²) >= 11 is 12.1. The van der Waals surface area contributed by atoms with Crippen LogP contribution in [-0.4, -0.2) is 29.9 Å². The summed E-state index contributed by atoms with van der Waals surface area (Å²) in [4.78, 5) is 30.0. The molecular weight excluding hydrogens is 490 g/mol. The number of aliphatic hydroxyl groups is 1. The maximum Gasteiger partial charge on any atom is 0.300 e. The van der Waals surface area contributed by atoms with E-state index in [0.717, 1.165) is 31.6 Å². The summed E-state index contributed by atoms with van der Waals surface area (Å²) in [6, 6.07) is 16.4. The first-order valence-electron chi connectivity index (χ1n) is 11.2. The maximum absolute atomic E-state index is 15.0. The van der Waals surface area contributed by atoms with E-state index >= 15 is 4.39 Å². The molecule has 35 heavy (non-hydrogen) atoms. The van der Waals surface area contributed by atoms with Gasteiger partial charge >= 0.3 is 0 Å². The number of benzene rings is 3. The minimum atomic E-state index is -1.16. The first-order valence-corrected chi connectivity index (χ1v) is 12.0. The summed E-state index contributed by atoms with van der Waals surface area (Å²) in [5, 5.41) is 11.6. The molecule has 2 aliphatic rings. The molecule has 1 amide bonds. The molecule has 0 aromatic heterocycles. The molecule has 1 N–H and O–H groups in total. The van der Waals surface area contributed by atoms with Crippen molar-refractivity contribution in [3.05, 3.63) is 99.3 Å². The lowest BCUT2D eigenvalue weighted by molar-refractivity contribution is -0.132. The van der Waals surface area contributed by atoms with E-state index in [1.54, 1.807) is 18.2 Å². The quantitative estimate of drug-likeness (QED) is 0.252. The van der Waals surface area contributed by atoms with Crippen LogP contribution >= 0.6 is 23.2 Å². The average Bonchev–Trinajstić information content (AvgIpc) is 3.48. The Morgan fingerprint density at radius 2 is 1.54 bits per heavy atom. The zero-order chi connectivity index (χ0) is 24.7. The van der Waals surface area contributed by atoms with Crippen LogP contribution in [0.2, 0.25) is 10.0 Å². The third kappa shape index (κ3) is 4.17. The Hall–Kier alpha value is -3.35. The van der Waals surface area contributed by atoms with E-state index < -0.39 is 29.3 Å². The fraction of sp³-hybridized carbons (Fsp3) is 0.185. The standard InChI is InChI=1S/C27H21Cl2FN2O3/c28-20-12-7-16(15-21(20)29)25(33)23-24(19-5-1-2-6-22(19)30)32(27(35)26(23)34)18-10-8-17(9-11-18)31-13-3-4-14-31/h1-2,5-12,15,24,33H,3-4,13-14H2/b25-23+. The van der Waals surface area contributed by atoms with Crippen molar-refractivity contribution in [2.45, 2.75) is 18.9 Å². The Bertz CT molecular complexity index is 1350. The van der Waals surface area contributed by atoms with Gasteiger partial charge in [-0.25, -0.2) is 4.39 Å². The summed E-state index contributed by atoms with van der Waals surface area (Å²) in [7, 11) is 0. The topological polar surface area (TPSA) is 60.9 Å². The molecule has 0 bridgehead atoms. The molecule has 3 aromatic carbocycles. The number of ketones is 1. The van der Waals surface area contributed by atoms with Crippen LogP contribution < -0.4 is 9.80 Å². The highest BCUT2D eigenvalue weighted by Crippen LogP contribution is 2.43. The van der Waals surface area contributed by atoms with Gasteiger partial charge in [0.25, 0.3) is 11.7 Å². The van der Waals surface area contributed by atoms with Gasteiger partial charge in [0.2, 0.25) is 0 Å². The second kappa shape index (κ2) is 9.36. The Kier molecular flexibility index (Phi) is 6.26.